The van der Waals surface area contributed by atoms with E-state index in [0.29, 0.717) is 23.9 Å². The van der Waals surface area contributed by atoms with Gasteiger partial charge in [-0.3, -0.25) is 9.59 Å². The number of hydrogen-bond acceptors (Lipinski definition) is 3. The summed E-state index contributed by atoms with van der Waals surface area (Å²) in [6.45, 7) is 6.42. The summed E-state index contributed by atoms with van der Waals surface area (Å²) in [6, 6.07) is 5.06. The Balaban J connectivity index is 1.99. The Kier molecular flexibility index (Phi) is 5.92. The van der Waals surface area contributed by atoms with Crippen LogP contribution in [-0.2, 0) is 0 Å². The van der Waals surface area contributed by atoms with Crippen LogP contribution in [0.3, 0.4) is 0 Å². The molecule has 2 rings (SSSR count). The number of nitrogens with zero attached hydrogens (tertiary/aromatic N) is 2. The first-order chi connectivity index (χ1) is 10.6. The van der Waals surface area contributed by atoms with Gasteiger partial charge in [0.15, 0.2) is 0 Å². The topological polar surface area (TPSA) is 62.3 Å². The number of pyridine rings is 1. The van der Waals surface area contributed by atoms with Crippen molar-refractivity contribution in [3.05, 3.63) is 29.6 Å². The lowest BCUT2D eigenvalue weighted by Crippen LogP contribution is -2.36. The van der Waals surface area contributed by atoms with Crippen LogP contribution in [0, 0.1) is 5.92 Å². The summed E-state index contributed by atoms with van der Waals surface area (Å²) in [7, 11) is 0. The third kappa shape index (κ3) is 4.55. The van der Waals surface area contributed by atoms with Crippen LogP contribution in [0.15, 0.2) is 18.2 Å². The van der Waals surface area contributed by atoms with Crippen LogP contribution in [0.5, 0.6) is 0 Å². The van der Waals surface area contributed by atoms with Crippen LogP contribution in [-0.4, -0.2) is 41.3 Å². The molecule has 22 heavy (non-hydrogen) atoms. The van der Waals surface area contributed by atoms with Crippen LogP contribution in [0.1, 0.15) is 60.5 Å². The highest BCUT2D eigenvalue weighted by atomic mass is 16.2. The van der Waals surface area contributed by atoms with E-state index in [1.807, 2.05) is 4.90 Å². The number of carbonyl (C=O) groups excluding carboxylic acids is 2. The lowest BCUT2D eigenvalue weighted by molar-refractivity contribution is 0.0718. The highest BCUT2D eigenvalue weighted by molar-refractivity contribution is 5.96. The summed E-state index contributed by atoms with van der Waals surface area (Å²) >= 11 is 0. The Labute approximate surface area is 132 Å². The van der Waals surface area contributed by atoms with Crippen LogP contribution in [0.2, 0.25) is 0 Å². The van der Waals surface area contributed by atoms with Crippen LogP contribution in [0.4, 0.5) is 0 Å². The quantitative estimate of drug-likeness (QED) is 0.909. The Morgan fingerprint density at radius 3 is 2.55 bits per heavy atom. The summed E-state index contributed by atoms with van der Waals surface area (Å²) in [6.07, 6.45) is 4.19. The fraction of sp³-hybridized carbons (Fsp3) is 0.588. The van der Waals surface area contributed by atoms with Gasteiger partial charge in [-0.15, -0.1) is 0 Å². The van der Waals surface area contributed by atoms with Gasteiger partial charge in [0.05, 0.1) is 0 Å². The van der Waals surface area contributed by atoms with Crippen molar-refractivity contribution < 1.29 is 9.59 Å². The third-order valence-electron chi connectivity index (χ3n) is 3.85. The molecule has 0 unspecified atom stereocenters. The molecule has 2 heterocycles. The maximum atomic E-state index is 12.4. The van der Waals surface area contributed by atoms with Crippen molar-refractivity contribution >= 4 is 11.8 Å². The normalized spacial score (nSPS) is 15.0. The van der Waals surface area contributed by atoms with E-state index < -0.39 is 0 Å². The first-order valence-corrected chi connectivity index (χ1v) is 8.12. The maximum Gasteiger partial charge on any atom is 0.272 e. The highest BCUT2D eigenvalue weighted by Crippen LogP contribution is 2.12. The fourth-order valence-electron chi connectivity index (χ4n) is 2.50. The van der Waals surface area contributed by atoms with E-state index in [9.17, 15) is 9.59 Å². The summed E-state index contributed by atoms with van der Waals surface area (Å²) in [4.78, 5) is 30.6. The molecule has 0 aliphatic carbocycles. The molecule has 1 saturated heterocycles. The Morgan fingerprint density at radius 2 is 1.86 bits per heavy atom. The van der Waals surface area contributed by atoms with Crippen molar-refractivity contribution in [1.82, 2.24) is 15.2 Å². The first kappa shape index (κ1) is 16.5. The van der Waals surface area contributed by atoms with Crippen molar-refractivity contribution in [1.29, 1.82) is 0 Å². The van der Waals surface area contributed by atoms with Gasteiger partial charge < -0.3 is 10.2 Å². The van der Waals surface area contributed by atoms with E-state index >= 15 is 0 Å². The molecule has 0 bridgehead atoms. The molecule has 0 spiro atoms. The van der Waals surface area contributed by atoms with E-state index in [2.05, 4.69) is 24.1 Å². The lowest BCUT2D eigenvalue weighted by atomic mass is 10.1. The van der Waals surface area contributed by atoms with Gasteiger partial charge >= 0.3 is 0 Å². The summed E-state index contributed by atoms with van der Waals surface area (Å²) in [5.41, 5.74) is 0.671. The molecule has 1 aromatic rings. The van der Waals surface area contributed by atoms with Gasteiger partial charge in [0.25, 0.3) is 11.8 Å². The van der Waals surface area contributed by atoms with Gasteiger partial charge in [-0.1, -0.05) is 19.9 Å². The second kappa shape index (κ2) is 7.92. The molecule has 5 heteroatoms. The van der Waals surface area contributed by atoms with E-state index in [4.69, 9.17) is 0 Å². The molecule has 0 saturated carbocycles. The van der Waals surface area contributed by atoms with Gasteiger partial charge in [0, 0.05) is 19.6 Å². The minimum Gasteiger partial charge on any atom is -0.351 e. The monoisotopic (exact) mass is 303 g/mol. The van der Waals surface area contributed by atoms with Gasteiger partial charge in [0.1, 0.15) is 11.4 Å². The molecular weight excluding hydrogens is 278 g/mol. The van der Waals surface area contributed by atoms with Crippen molar-refractivity contribution in [3.8, 4) is 0 Å². The number of carbonyl (C=O) groups is 2. The summed E-state index contributed by atoms with van der Waals surface area (Å²) in [5.74, 6) is 0.255. The van der Waals surface area contributed by atoms with Gasteiger partial charge in [-0.2, -0.15) is 0 Å². The number of nitrogens with one attached hydrogen (secondary N) is 1. The minimum atomic E-state index is -0.214. The number of hydrogen-bond donors (Lipinski definition) is 1. The van der Waals surface area contributed by atoms with Crippen molar-refractivity contribution in [3.63, 3.8) is 0 Å². The number of rotatable bonds is 5. The van der Waals surface area contributed by atoms with Crippen molar-refractivity contribution in [2.45, 2.75) is 39.5 Å². The predicted octanol–water partition coefficient (Wildman–Crippen LogP) is 2.48. The largest absolute Gasteiger partial charge is 0.351 e. The molecule has 1 N–H and O–H groups in total. The zero-order chi connectivity index (χ0) is 15.9. The van der Waals surface area contributed by atoms with E-state index in [-0.39, 0.29) is 11.8 Å². The third-order valence-corrected chi connectivity index (χ3v) is 3.85. The van der Waals surface area contributed by atoms with Crippen LogP contribution < -0.4 is 5.32 Å². The summed E-state index contributed by atoms with van der Waals surface area (Å²) < 4.78 is 0. The first-order valence-electron chi connectivity index (χ1n) is 8.12. The Hall–Kier alpha value is -1.91. The average Bonchev–Trinajstić information content (AvgIpc) is 2.54. The second-order valence-electron chi connectivity index (χ2n) is 6.20. The zero-order valence-electron chi connectivity index (χ0n) is 13.5. The van der Waals surface area contributed by atoms with E-state index in [1.165, 1.54) is 6.42 Å². The SMILES string of the molecule is CC(C)CCNC(=O)c1cccc(C(=O)N2CCCCC2)n1. The zero-order valence-corrected chi connectivity index (χ0v) is 13.5. The molecule has 1 fully saturated rings. The standard InChI is InChI=1S/C17H25N3O2/c1-13(2)9-10-18-16(21)14-7-6-8-15(19-14)17(22)20-11-4-3-5-12-20/h6-8,13H,3-5,9-12H2,1-2H3,(H,18,21). The lowest BCUT2D eigenvalue weighted by Gasteiger charge is -2.26. The molecule has 1 aliphatic rings. The van der Waals surface area contributed by atoms with Crippen LogP contribution in [0.25, 0.3) is 0 Å². The fourth-order valence-corrected chi connectivity index (χ4v) is 2.50. The Bertz CT molecular complexity index is 522. The molecule has 0 aromatic carbocycles. The number of piperidine rings is 1. The van der Waals surface area contributed by atoms with Crippen molar-refractivity contribution in [2.75, 3.05) is 19.6 Å². The van der Waals surface area contributed by atoms with Crippen molar-refractivity contribution in [2.24, 2.45) is 5.92 Å². The predicted molar refractivity (Wildman–Crippen MR) is 85.8 cm³/mol. The van der Waals surface area contributed by atoms with Crippen LogP contribution >= 0.6 is 0 Å². The van der Waals surface area contributed by atoms with Gasteiger partial charge in [-0.25, -0.2) is 4.98 Å². The Morgan fingerprint density at radius 1 is 1.18 bits per heavy atom. The smallest absolute Gasteiger partial charge is 0.272 e. The average molecular weight is 303 g/mol. The molecule has 1 aliphatic heterocycles. The maximum absolute atomic E-state index is 12.4. The van der Waals surface area contributed by atoms with E-state index in [1.54, 1.807) is 18.2 Å². The molecule has 0 atom stereocenters. The number of amides is 2. The molecule has 0 radical (unpaired) electrons. The molecule has 2 amide bonds. The van der Waals surface area contributed by atoms with Gasteiger partial charge in [-0.05, 0) is 43.7 Å². The second-order valence-corrected chi connectivity index (χ2v) is 6.20. The minimum absolute atomic E-state index is 0.0727. The van der Waals surface area contributed by atoms with E-state index in [0.717, 1.165) is 32.4 Å². The molecular formula is C17H25N3O2. The highest BCUT2D eigenvalue weighted by Gasteiger charge is 2.20. The molecule has 5 nitrogen and oxygen atoms in total. The molecule has 1 aromatic heterocycles. The number of aromatic nitrogens is 1. The number of likely N-dealkylation sites (tertiary alicyclic amines) is 1. The summed E-state index contributed by atoms with van der Waals surface area (Å²) in [5, 5.41) is 2.85. The molecule has 120 valence electrons. The van der Waals surface area contributed by atoms with Gasteiger partial charge in [0.2, 0.25) is 0 Å².